The van der Waals surface area contributed by atoms with Gasteiger partial charge in [-0.2, -0.15) is 0 Å². The number of carbonyl (C=O) groups is 1. The SMILES string of the molecule is O=C(OF)[C@@](F)(CO)NCc1ccccc1. The van der Waals surface area contributed by atoms with Gasteiger partial charge >= 0.3 is 5.97 Å². The lowest BCUT2D eigenvalue weighted by atomic mass is 10.2. The van der Waals surface area contributed by atoms with E-state index in [0.29, 0.717) is 5.56 Å². The highest BCUT2D eigenvalue weighted by Gasteiger charge is 2.40. The van der Waals surface area contributed by atoms with Crippen LogP contribution in [0.25, 0.3) is 0 Å². The normalized spacial score (nSPS) is 14.2. The van der Waals surface area contributed by atoms with Crippen molar-refractivity contribution >= 4 is 5.97 Å². The predicted molar refractivity (Wildman–Crippen MR) is 51.4 cm³/mol. The second-order valence-corrected chi connectivity index (χ2v) is 3.16. The minimum Gasteiger partial charge on any atom is -0.391 e. The molecule has 2 N–H and O–H groups in total. The van der Waals surface area contributed by atoms with Gasteiger partial charge in [0.15, 0.2) is 0 Å². The maximum absolute atomic E-state index is 13.5. The van der Waals surface area contributed by atoms with Crippen molar-refractivity contribution in [2.45, 2.75) is 12.3 Å². The zero-order valence-corrected chi connectivity index (χ0v) is 8.32. The fourth-order valence-electron chi connectivity index (χ4n) is 1.09. The van der Waals surface area contributed by atoms with Crippen LogP contribution < -0.4 is 5.32 Å². The first-order valence-electron chi connectivity index (χ1n) is 4.54. The number of halogens is 2. The van der Waals surface area contributed by atoms with Gasteiger partial charge < -0.3 is 5.11 Å². The second kappa shape index (κ2) is 5.53. The molecular weight excluding hydrogens is 220 g/mol. The van der Waals surface area contributed by atoms with Crippen LogP contribution in [0.5, 0.6) is 0 Å². The van der Waals surface area contributed by atoms with E-state index in [9.17, 15) is 13.7 Å². The Bertz CT molecular complexity index is 347. The average molecular weight is 231 g/mol. The molecule has 0 bridgehead atoms. The zero-order valence-electron chi connectivity index (χ0n) is 8.32. The number of hydrogen-bond donors (Lipinski definition) is 2. The van der Waals surface area contributed by atoms with E-state index in [1.807, 2.05) is 0 Å². The molecule has 0 saturated heterocycles. The van der Waals surface area contributed by atoms with Gasteiger partial charge in [0, 0.05) is 11.1 Å². The summed E-state index contributed by atoms with van der Waals surface area (Å²) in [5, 5.41) is 10.7. The van der Waals surface area contributed by atoms with Gasteiger partial charge in [-0.05, 0) is 5.56 Å². The monoisotopic (exact) mass is 231 g/mol. The van der Waals surface area contributed by atoms with Gasteiger partial charge in [-0.25, -0.2) is 14.1 Å². The summed E-state index contributed by atoms with van der Waals surface area (Å²) in [5.41, 5.74) is 0.685. The molecule has 0 heterocycles. The Labute approximate surface area is 90.7 Å². The number of benzene rings is 1. The van der Waals surface area contributed by atoms with Gasteiger partial charge in [-0.3, -0.25) is 5.32 Å². The van der Waals surface area contributed by atoms with Crippen molar-refractivity contribution < 1.29 is 23.8 Å². The van der Waals surface area contributed by atoms with Crippen LogP contribution >= 0.6 is 0 Å². The van der Waals surface area contributed by atoms with Gasteiger partial charge in [0.25, 0.3) is 5.79 Å². The molecule has 1 atom stereocenters. The molecule has 0 fully saturated rings. The molecule has 1 rings (SSSR count). The molecule has 0 amide bonds. The Morgan fingerprint density at radius 3 is 2.56 bits per heavy atom. The molecular formula is C10H11F2NO3. The number of aliphatic hydroxyl groups excluding tert-OH is 1. The molecule has 16 heavy (non-hydrogen) atoms. The first kappa shape index (κ1) is 12.5. The van der Waals surface area contributed by atoms with Crippen LogP contribution in [0.2, 0.25) is 0 Å². The fraction of sp³-hybridized carbons (Fsp3) is 0.300. The Morgan fingerprint density at radius 2 is 2.06 bits per heavy atom. The first-order chi connectivity index (χ1) is 7.62. The van der Waals surface area contributed by atoms with Gasteiger partial charge in [0.2, 0.25) is 0 Å². The molecule has 4 nitrogen and oxygen atoms in total. The fourth-order valence-corrected chi connectivity index (χ4v) is 1.09. The molecule has 0 radical (unpaired) electrons. The minimum absolute atomic E-state index is 0.0347. The van der Waals surface area contributed by atoms with Gasteiger partial charge in [-0.1, -0.05) is 30.3 Å². The van der Waals surface area contributed by atoms with Crippen molar-refractivity contribution in [1.29, 1.82) is 0 Å². The molecule has 1 aromatic carbocycles. The van der Waals surface area contributed by atoms with Crippen molar-refractivity contribution in [3.8, 4) is 0 Å². The molecule has 6 heteroatoms. The standard InChI is InChI=1S/C10H11F2NO3/c11-10(7-14,9(15)16-12)13-6-8-4-2-1-3-5-8/h1-5,13-14H,6-7H2/t10-/m1/s1. The second-order valence-electron chi connectivity index (χ2n) is 3.16. The van der Waals surface area contributed by atoms with E-state index in [1.54, 1.807) is 30.3 Å². The largest absolute Gasteiger partial charge is 0.402 e. The Kier molecular flexibility index (Phi) is 4.33. The van der Waals surface area contributed by atoms with E-state index >= 15 is 0 Å². The quantitative estimate of drug-likeness (QED) is 0.738. The maximum atomic E-state index is 13.5. The van der Waals surface area contributed by atoms with E-state index in [4.69, 9.17) is 5.11 Å². The van der Waals surface area contributed by atoms with E-state index < -0.39 is 18.4 Å². The smallest absolute Gasteiger partial charge is 0.391 e. The number of rotatable bonds is 5. The summed E-state index contributed by atoms with van der Waals surface area (Å²) in [5.74, 6) is -4.73. The van der Waals surface area contributed by atoms with E-state index in [-0.39, 0.29) is 6.54 Å². The van der Waals surface area contributed by atoms with Gasteiger partial charge in [-0.15, -0.1) is 0 Å². The van der Waals surface area contributed by atoms with Crippen molar-refractivity contribution in [1.82, 2.24) is 5.32 Å². The molecule has 0 spiro atoms. The van der Waals surface area contributed by atoms with Crippen LogP contribution in [0.4, 0.5) is 8.92 Å². The number of nitrogens with one attached hydrogen (secondary N) is 1. The number of hydrogen-bond acceptors (Lipinski definition) is 4. The third-order valence-corrected chi connectivity index (χ3v) is 2.03. The summed E-state index contributed by atoms with van der Waals surface area (Å²) in [6, 6.07) is 8.60. The van der Waals surface area contributed by atoms with Gasteiger partial charge in [0.1, 0.15) is 6.61 Å². The van der Waals surface area contributed by atoms with Crippen LogP contribution in [0, 0.1) is 0 Å². The minimum atomic E-state index is -2.93. The highest BCUT2D eigenvalue weighted by Crippen LogP contribution is 2.11. The summed E-state index contributed by atoms with van der Waals surface area (Å²) >= 11 is 0. The molecule has 88 valence electrons. The Balaban J connectivity index is 2.62. The molecule has 0 unspecified atom stereocenters. The molecule has 0 aromatic heterocycles. The molecule has 0 aliphatic rings. The highest BCUT2D eigenvalue weighted by molar-refractivity contribution is 5.78. The van der Waals surface area contributed by atoms with Crippen LogP contribution in [0.15, 0.2) is 30.3 Å². The lowest BCUT2D eigenvalue weighted by Gasteiger charge is -2.19. The zero-order chi connectivity index (χ0) is 12.0. The summed E-state index contributed by atoms with van der Waals surface area (Å²) in [6.07, 6.45) is 0. The Hall–Kier alpha value is -1.53. The van der Waals surface area contributed by atoms with Crippen molar-refractivity contribution in [2.24, 2.45) is 0 Å². The summed E-state index contributed by atoms with van der Waals surface area (Å²) < 4.78 is 25.1. The maximum Gasteiger partial charge on any atom is 0.402 e. The number of aliphatic hydroxyl groups is 1. The van der Waals surface area contributed by atoms with Crippen molar-refractivity contribution in [3.05, 3.63) is 35.9 Å². The predicted octanol–water partition coefficient (Wildman–Crippen LogP) is 0.862. The van der Waals surface area contributed by atoms with Gasteiger partial charge in [0.05, 0.1) is 0 Å². The number of carbonyl (C=O) groups excluding carboxylic acids is 1. The lowest BCUT2D eigenvalue weighted by molar-refractivity contribution is -0.204. The van der Waals surface area contributed by atoms with E-state index in [1.165, 1.54) is 0 Å². The highest BCUT2D eigenvalue weighted by atomic mass is 19.3. The molecule has 0 saturated carbocycles. The lowest BCUT2D eigenvalue weighted by Crippen LogP contribution is -2.51. The topological polar surface area (TPSA) is 58.6 Å². The third kappa shape index (κ3) is 2.98. The summed E-state index contributed by atoms with van der Waals surface area (Å²) in [7, 11) is 0. The number of alkyl halides is 1. The summed E-state index contributed by atoms with van der Waals surface area (Å²) in [4.78, 5) is 13.4. The van der Waals surface area contributed by atoms with E-state index in [2.05, 4.69) is 10.3 Å². The molecule has 0 aliphatic carbocycles. The van der Waals surface area contributed by atoms with Crippen molar-refractivity contribution in [2.75, 3.05) is 6.61 Å². The third-order valence-electron chi connectivity index (χ3n) is 2.03. The Morgan fingerprint density at radius 1 is 1.44 bits per heavy atom. The van der Waals surface area contributed by atoms with Crippen LogP contribution in [-0.4, -0.2) is 23.5 Å². The molecule has 1 aromatic rings. The van der Waals surface area contributed by atoms with E-state index in [0.717, 1.165) is 0 Å². The van der Waals surface area contributed by atoms with Crippen LogP contribution in [0.1, 0.15) is 5.56 Å². The van der Waals surface area contributed by atoms with Crippen LogP contribution in [0.3, 0.4) is 0 Å². The first-order valence-corrected chi connectivity index (χ1v) is 4.54. The average Bonchev–Trinajstić information content (AvgIpc) is 2.36. The summed E-state index contributed by atoms with van der Waals surface area (Å²) in [6.45, 7) is -1.24. The van der Waals surface area contributed by atoms with Crippen LogP contribution in [-0.2, 0) is 16.3 Å². The van der Waals surface area contributed by atoms with Crippen molar-refractivity contribution in [3.63, 3.8) is 0 Å². The molecule has 0 aliphatic heterocycles.